The van der Waals surface area contributed by atoms with Crippen molar-refractivity contribution in [1.82, 2.24) is 4.90 Å². The number of rotatable bonds is 3. The molecule has 6 nitrogen and oxygen atoms in total. The lowest BCUT2D eigenvalue weighted by molar-refractivity contribution is -0.136. The third kappa shape index (κ3) is 2.98. The van der Waals surface area contributed by atoms with Gasteiger partial charge in [-0.15, -0.1) is 0 Å². The zero-order valence-electron chi connectivity index (χ0n) is 14.5. The van der Waals surface area contributed by atoms with Crippen LogP contribution in [0.5, 0.6) is 5.75 Å². The maximum atomic E-state index is 12.8. The van der Waals surface area contributed by atoms with Crippen molar-refractivity contribution in [3.05, 3.63) is 23.8 Å². The number of hydrogen-bond acceptors (Lipinski definition) is 4. The Balaban J connectivity index is 1.95. The Kier molecular flexibility index (Phi) is 4.25. The van der Waals surface area contributed by atoms with Crippen LogP contribution in [0.1, 0.15) is 45.2 Å². The Labute approximate surface area is 142 Å². The van der Waals surface area contributed by atoms with Crippen LogP contribution in [0.4, 0.5) is 5.69 Å². The molecule has 0 saturated carbocycles. The molecule has 0 aliphatic carbocycles. The molecule has 0 radical (unpaired) electrons. The van der Waals surface area contributed by atoms with Crippen LogP contribution in [0.15, 0.2) is 18.2 Å². The Bertz CT molecular complexity index is 663. The summed E-state index contributed by atoms with van der Waals surface area (Å²) in [4.78, 5) is 28.8. The van der Waals surface area contributed by atoms with E-state index in [4.69, 9.17) is 10.5 Å². The van der Waals surface area contributed by atoms with Gasteiger partial charge in [0, 0.05) is 19.1 Å². The average Bonchev–Trinajstić information content (AvgIpc) is 3.05. The highest BCUT2D eigenvalue weighted by atomic mass is 16.5. The summed E-state index contributed by atoms with van der Waals surface area (Å²) in [6.45, 7) is 6.93. The average molecular weight is 331 g/mol. The van der Waals surface area contributed by atoms with Gasteiger partial charge in [-0.25, -0.2) is 0 Å². The van der Waals surface area contributed by atoms with E-state index in [1.807, 2.05) is 30.0 Å². The molecule has 2 amide bonds. The third-order valence-corrected chi connectivity index (χ3v) is 4.68. The SMILES string of the molecule is CC(N)c1ccc2c(c1)N(CC(=O)N1CCCC1)C(=O)C(C)(C)O2. The molecule has 1 aromatic carbocycles. The predicted octanol–water partition coefficient (Wildman–Crippen LogP) is 1.83. The number of ether oxygens (including phenoxy) is 1. The van der Waals surface area contributed by atoms with Gasteiger partial charge in [0.15, 0.2) is 5.60 Å². The van der Waals surface area contributed by atoms with Gasteiger partial charge in [-0.3, -0.25) is 14.5 Å². The molecule has 0 spiro atoms. The van der Waals surface area contributed by atoms with Crippen LogP contribution in [0.25, 0.3) is 0 Å². The van der Waals surface area contributed by atoms with Crippen LogP contribution in [-0.4, -0.2) is 41.9 Å². The Hall–Kier alpha value is -2.08. The molecule has 2 heterocycles. The lowest BCUT2D eigenvalue weighted by Crippen LogP contribution is -2.55. The number of anilines is 1. The number of benzene rings is 1. The molecule has 24 heavy (non-hydrogen) atoms. The lowest BCUT2D eigenvalue weighted by atomic mass is 10.0. The molecule has 2 N–H and O–H groups in total. The van der Waals surface area contributed by atoms with Crippen molar-refractivity contribution in [2.75, 3.05) is 24.5 Å². The maximum absolute atomic E-state index is 12.8. The van der Waals surface area contributed by atoms with Crippen molar-refractivity contribution in [2.24, 2.45) is 5.73 Å². The van der Waals surface area contributed by atoms with Gasteiger partial charge in [0.2, 0.25) is 5.91 Å². The van der Waals surface area contributed by atoms with E-state index in [1.54, 1.807) is 18.7 Å². The number of nitrogens with two attached hydrogens (primary N) is 1. The number of hydrogen-bond donors (Lipinski definition) is 1. The van der Waals surface area contributed by atoms with Gasteiger partial charge in [0.05, 0.1) is 5.69 Å². The summed E-state index contributed by atoms with van der Waals surface area (Å²) in [7, 11) is 0. The van der Waals surface area contributed by atoms with Gasteiger partial charge in [-0.05, 0) is 51.3 Å². The Morgan fingerprint density at radius 2 is 2.00 bits per heavy atom. The minimum absolute atomic E-state index is 0.0179. The molecular weight excluding hydrogens is 306 g/mol. The van der Waals surface area contributed by atoms with E-state index in [1.165, 1.54) is 0 Å². The largest absolute Gasteiger partial charge is 0.476 e. The highest BCUT2D eigenvalue weighted by Gasteiger charge is 2.42. The zero-order valence-corrected chi connectivity index (χ0v) is 14.5. The monoisotopic (exact) mass is 331 g/mol. The van der Waals surface area contributed by atoms with Crippen molar-refractivity contribution >= 4 is 17.5 Å². The van der Waals surface area contributed by atoms with Gasteiger partial charge in [0.25, 0.3) is 5.91 Å². The van der Waals surface area contributed by atoms with Gasteiger partial charge < -0.3 is 15.4 Å². The Morgan fingerprint density at radius 3 is 2.62 bits per heavy atom. The second-order valence-corrected chi connectivity index (χ2v) is 7.11. The lowest BCUT2D eigenvalue weighted by Gasteiger charge is -2.39. The minimum atomic E-state index is -0.992. The van der Waals surface area contributed by atoms with Gasteiger partial charge >= 0.3 is 0 Å². The van der Waals surface area contributed by atoms with Crippen LogP contribution in [-0.2, 0) is 9.59 Å². The molecule has 1 saturated heterocycles. The molecule has 2 aliphatic rings. The predicted molar refractivity (Wildman–Crippen MR) is 91.9 cm³/mol. The van der Waals surface area contributed by atoms with E-state index in [0.29, 0.717) is 11.4 Å². The first-order valence-electron chi connectivity index (χ1n) is 8.48. The summed E-state index contributed by atoms with van der Waals surface area (Å²) >= 11 is 0. The third-order valence-electron chi connectivity index (χ3n) is 4.68. The first-order valence-corrected chi connectivity index (χ1v) is 8.48. The highest BCUT2D eigenvalue weighted by molar-refractivity contribution is 6.05. The second-order valence-electron chi connectivity index (χ2n) is 7.11. The first kappa shape index (κ1) is 16.8. The smallest absolute Gasteiger partial charge is 0.271 e. The van der Waals surface area contributed by atoms with Crippen LogP contribution in [0.3, 0.4) is 0 Å². The normalized spacial score (nSPS) is 20.6. The van der Waals surface area contributed by atoms with Gasteiger partial charge in [-0.2, -0.15) is 0 Å². The molecular formula is C18H25N3O3. The van der Waals surface area contributed by atoms with E-state index < -0.39 is 5.60 Å². The zero-order chi connectivity index (χ0) is 17.5. The molecule has 3 rings (SSSR count). The summed E-state index contributed by atoms with van der Waals surface area (Å²) in [5.41, 5.74) is 6.50. The van der Waals surface area contributed by atoms with Crippen LogP contribution >= 0.6 is 0 Å². The second kappa shape index (κ2) is 6.09. The van der Waals surface area contributed by atoms with Crippen molar-refractivity contribution in [1.29, 1.82) is 0 Å². The van der Waals surface area contributed by atoms with Gasteiger partial charge in [-0.1, -0.05) is 6.07 Å². The van der Waals surface area contributed by atoms with Crippen LogP contribution < -0.4 is 15.4 Å². The number of amides is 2. The summed E-state index contributed by atoms with van der Waals surface area (Å²) in [5, 5.41) is 0. The van der Waals surface area contributed by atoms with E-state index >= 15 is 0 Å². The molecule has 1 fully saturated rings. The van der Waals surface area contributed by atoms with Crippen molar-refractivity contribution in [2.45, 2.75) is 45.3 Å². The van der Waals surface area contributed by atoms with Crippen LogP contribution in [0, 0.1) is 0 Å². The quantitative estimate of drug-likeness (QED) is 0.917. The molecule has 1 unspecified atom stereocenters. The Morgan fingerprint density at radius 1 is 1.33 bits per heavy atom. The van der Waals surface area contributed by atoms with Crippen molar-refractivity contribution in [3.63, 3.8) is 0 Å². The minimum Gasteiger partial charge on any atom is -0.476 e. The molecule has 1 atom stereocenters. The molecule has 2 aliphatic heterocycles. The molecule has 6 heteroatoms. The molecule has 0 aromatic heterocycles. The summed E-state index contributed by atoms with van der Waals surface area (Å²) < 4.78 is 5.85. The van der Waals surface area contributed by atoms with Crippen LogP contribution in [0.2, 0.25) is 0 Å². The fourth-order valence-corrected chi connectivity index (χ4v) is 3.23. The van der Waals surface area contributed by atoms with E-state index in [-0.39, 0.29) is 24.4 Å². The van der Waals surface area contributed by atoms with E-state index in [9.17, 15) is 9.59 Å². The standard InChI is InChI=1S/C18H25N3O3/c1-12(19)13-6-7-15-14(10-13)21(17(23)18(2,3)24-15)11-16(22)20-8-4-5-9-20/h6-7,10,12H,4-5,8-9,11,19H2,1-3H3. The maximum Gasteiger partial charge on any atom is 0.271 e. The topological polar surface area (TPSA) is 75.9 Å². The van der Waals surface area contributed by atoms with Gasteiger partial charge in [0.1, 0.15) is 12.3 Å². The first-order chi connectivity index (χ1) is 11.3. The fraction of sp³-hybridized carbons (Fsp3) is 0.556. The summed E-state index contributed by atoms with van der Waals surface area (Å²) in [6.07, 6.45) is 2.05. The number of likely N-dealkylation sites (tertiary alicyclic amines) is 1. The highest BCUT2D eigenvalue weighted by Crippen LogP contribution is 2.39. The fourth-order valence-electron chi connectivity index (χ4n) is 3.23. The number of fused-ring (bicyclic) bond motifs is 1. The number of nitrogens with zero attached hydrogens (tertiary/aromatic N) is 2. The number of carbonyl (C=O) groups is 2. The summed E-state index contributed by atoms with van der Waals surface area (Å²) in [6, 6.07) is 5.42. The molecule has 0 bridgehead atoms. The molecule has 1 aromatic rings. The van der Waals surface area contributed by atoms with Crippen molar-refractivity contribution in [3.8, 4) is 5.75 Å². The molecule has 130 valence electrons. The van der Waals surface area contributed by atoms with Crippen molar-refractivity contribution < 1.29 is 14.3 Å². The van der Waals surface area contributed by atoms with E-state index in [0.717, 1.165) is 31.5 Å². The number of carbonyl (C=O) groups excluding carboxylic acids is 2. The summed E-state index contributed by atoms with van der Waals surface area (Å²) in [5.74, 6) is 0.387. The van der Waals surface area contributed by atoms with E-state index in [2.05, 4.69) is 0 Å².